The summed E-state index contributed by atoms with van der Waals surface area (Å²) in [5, 5.41) is 11.1. The summed E-state index contributed by atoms with van der Waals surface area (Å²) < 4.78 is 0. The molecule has 1 fully saturated rings. The molecule has 3 N–H and O–H groups in total. The molecule has 2 aromatic rings. The van der Waals surface area contributed by atoms with E-state index < -0.39 is 0 Å². The van der Waals surface area contributed by atoms with Crippen molar-refractivity contribution < 1.29 is 9.59 Å². The normalized spacial score (nSPS) is 17.4. The molecule has 2 amide bonds. The van der Waals surface area contributed by atoms with Crippen LogP contribution in [0.5, 0.6) is 0 Å². The summed E-state index contributed by atoms with van der Waals surface area (Å²) in [5.41, 5.74) is 1.37. The van der Waals surface area contributed by atoms with Crippen LogP contribution in [0.3, 0.4) is 0 Å². The Balaban J connectivity index is 0.00000261. The van der Waals surface area contributed by atoms with Crippen LogP contribution in [0.1, 0.15) is 35.9 Å². The Labute approximate surface area is 170 Å². The molecular weight excluding hydrogens is 382 g/mol. The van der Waals surface area contributed by atoms with Gasteiger partial charge in [0.1, 0.15) is 0 Å². The Morgan fingerprint density at radius 1 is 1.22 bits per heavy atom. The number of hydrogen-bond acceptors (Lipinski definition) is 4. The van der Waals surface area contributed by atoms with Crippen molar-refractivity contribution in [1.82, 2.24) is 5.32 Å². The van der Waals surface area contributed by atoms with Crippen LogP contribution >= 0.6 is 23.7 Å². The number of nitrogens with one attached hydrogen (secondary N) is 3. The summed E-state index contributed by atoms with van der Waals surface area (Å²) in [6.45, 7) is 4.23. The lowest BCUT2D eigenvalue weighted by Crippen LogP contribution is -2.34. The van der Waals surface area contributed by atoms with Crippen molar-refractivity contribution in [3.63, 3.8) is 0 Å². The first-order chi connectivity index (χ1) is 12.6. The van der Waals surface area contributed by atoms with Gasteiger partial charge in [0.05, 0.1) is 4.88 Å². The number of piperidine rings is 1. The van der Waals surface area contributed by atoms with E-state index in [4.69, 9.17) is 0 Å². The van der Waals surface area contributed by atoms with Crippen LogP contribution in [0.25, 0.3) is 0 Å². The van der Waals surface area contributed by atoms with E-state index in [1.165, 1.54) is 24.2 Å². The molecule has 5 nitrogen and oxygen atoms in total. The summed E-state index contributed by atoms with van der Waals surface area (Å²) >= 11 is 1.40. The van der Waals surface area contributed by atoms with Crippen LogP contribution in [0.15, 0.2) is 41.8 Å². The molecule has 0 saturated carbocycles. The van der Waals surface area contributed by atoms with E-state index in [0.717, 1.165) is 13.1 Å². The van der Waals surface area contributed by atoms with Gasteiger partial charge in [-0.3, -0.25) is 9.59 Å². The lowest BCUT2D eigenvalue weighted by molar-refractivity contribution is -0.117. The fourth-order valence-electron chi connectivity index (χ4n) is 3.31. The third kappa shape index (κ3) is 6.34. The quantitative estimate of drug-likeness (QED) is 0.665. The van der Waals surface area contributed by atoms with Gasteiger partial charge in [-0.05, 0) is 67.4 Å². The number of hydrogen-bond donors (Lipinski definition) is 3. The van der Waals surface area contributed by atoms with Crippen molar-refractivity contribution >= 4 is 46.9 Å². The number of halogens is 1. The molecule has 7 heteroatoms. The van der Waals surface area contributed by atoms with Gasteiger partial charge in [0.15, 0.2) is 0 Å². The standard InChI is InChI=1S/C20H25N3O2S.ClH/c1-14(15-5-3-9-21-13-15)11-19(24)22-16-6-2-7-17(12-16)23-20(25)18-8-4-10-26-18;/h2,4,6-8,10,12,14-15,21H,3,5,9,11,13H2,1H3,(H,22,24)(H,23,25);1H. The number of anilines is 2. The van der Waals surface area contributed by atoms with E-state index in [-0.39, 0.29) is 24.2 Å². The van der Waals surface area contributed by atoms with Gasteiger partial charge in [0, 0.05) is 17.8 Å². The topological polar surface area (TPSA) is 70.2 Å². The molecule has 0 radical (unpaired) electrons. The molecule has 1 saturated heterocycles. The molecule has 2 unspecified atom stereocenters. The zero-order chi connectivity index (χ0) is 18.4. The summed E-state index contributed by atoms with van der Waals surface area (Å²) in [7, 11) is 0. The molecule has 2 heterocycles. The minimum Gasteiger partial charge on any atom is -0.326 e. The molecule has 0 bridgehead atoms. The first-order valence-corrected chi connectivity index (χ1v) is 9.95. The van der Waals surface area contributed by atoms with Gasteiger partial charge in [0.2, 0.25) is 5.91 Å². The van der Waals surface area contributed by atoms with Crippen LogP contribution < -0.4 is 16.0 Å². The van der Waals surface area contributed by atoms with Gasteiger partial charge in [-0.25, -0.2) is 0 Å². The molecule has 3 rings (SSSR count). The van der Waals surface area contributed by atoms with Gasteiger partial charge >= 0.3 is 0 Å². The Bertz CT molecular complexity index is 745. The van der Waals surface area contributed by atoms with Crippen LogP contribution in [-0.4, -0.2) is 24.9 Å². The van der Waals surface area contributed by atoms with Gasteiger partial charge in [-0.1, -0.05) is 19.1 Å². The van der Waals surface area contributed by atoms with Crippen LogP contribution in [0, 0.1) is 11.8 Å². The van der Waals surface area contributed by atoms with E-state index >= 15 is 0 Å². The minimum atomic E-state index is -0.137. The van der Waals surface area contributed by atoms with Gasteiger partial charge in [-0.2, -0.15) is 0 Å². The zero-order valence-corrected chi connectivity index (χ0v) is 17.0. The third-order valence-electron chi connectivity index (χ3n) is 4.80. The number of carbonyl (C=O) groups excluding carboxylic acids is 2. The highest BCUT2D eigenvalue weighted by Crippen LogP contribution is 2.23. The Kier molecular flexibility index (Phi) is 8.28. The molecule has 1 aromatic carbocycles. The third-order valence-corrected chi connectivity index (χ3v) is 5.66. The SMILES string of the molecule is CC(CC(=O)Nc1cccc(NC(=O)c2cccs2)c1)C1CCCNC1.Cl. The van der Waals surface area contributed by atoms with Crippen molar-refractivity contribution in [2.75, 3.05) is 23.7 Å². The maximum Gasteiger partial charge on any atom is 0.265 e. The zero-order valence-electron chi connectivity index (χ0n) is 15.4. The molecule has 0 aliphatic carbocycles. The highest BCUT2D eigenvalue weighted by molar-refractivity contribution is 7.12. The average Bonchev–Trinajstić information content (AvgIpc) is 3.17. The predicted octanol–water partition coefficient (Wildman–Crippen LogP) is 4.39. The fourth-order valence-corrected chi connectivity index (χ4v) is 3.93. The van der Waals surface area contributed by atoms with Crippen molar-refractivity contribution in [3.8, 4) is 0 Å². The smallest absolute Gasteiger partial charge is 0.265 e. The Hall–Kier alpha value is -1.89. The van der Waals surface area contributed by atoms with Gasteiger partial charge in [-0.15, -0.1) is 23.7 Å². The largest absolute Gasteiger partial charge is 0.326 e. The summed E-state index contributed by atoms with van der Waals surface area (Å²) in [6.07, 6.45) is 2.88. The van der Waals surface area contributed by atoms with Crippen molar-refractivity contribution in [3.05, 3.63) is 46.7 Å². The maximum atomic E-state index is 12.4. The molecule has 0 spiro atoms. The molecule has 27 heavy (non-hydrogen) atoms. The van der Waals surface area contributed by atoms with E-state index in [1.54, 1.807) is 12.1 Å². The number of carbonyl (C=O) groups is 2. The minimum absolute atomic E-state index is 0. The monoisotopic (exact) mass is 407 g/mol. The maximum absolute atomic E-state index is 12.4. The average molecular weight is 408 g/mol. The predicted molar refractivity (Wildman–Crippen MR) is 114 cm³/mol. The second-order valence-corrected chi connectivity index (χ2v) is 7.80. The van der Waals surface area contributed by atoms with Crippen molar-refractivity contribution in [2.24, 2.45) is 11.8 Å². The first kappa shape index (κ1) is 21.4. The molecule has 1 aliphatic rings. The van der Waals surface area contributed by atoms with Crippen LogP contribution in [0.2, 0.25) is 0 Å². The Morgan fingerprint density at radius 2 is 2.00 bits per heavy atom. The van der Waals surface area contributed by atoms with E-state index in [1.807, 2.05) is 29.6 Å². The Morgan fingerprint density at radius 3 is 2.67 bits per heavy atom. The van der Waals surface area contributed by atoms with E-state index in [2.05, 4.69) is 22.9 Å². The van der Waals surface area contributed by atoms with Crippen LogP contribution in [0.4, 0.5) is 11.4 Å². The summed E-state index contributed by atoms with van der Waals surface area (Å²) in [5.74, 6) is 0.794. The molecular formula is C20H26ClN3O2S. The lowest BCUT2D eigenvalue weighted by Gasteiger charge is -2.28. The fraction of sp³-hybridized carbons (Fsp3) is 0.400. The van der Waals surface area contributed by atoms with Crippen LogP contribution in [-0.2, 0) is 4.79 Å². The van der Waals surface area contributed by atoms with E-state index in [0.29, 0.717) is 34.5 Å². The summed E-state index contributed by atoms with van der Waals surface area (Å²) in [4.78, 5) is 25.2. The highest BCUT2D eigenvalue weighted by Gasteiger charge is 2.22. The highest BCUT2D eigenvalue weighted by atomic mass is 35.5. The van der Waals surface area contributed by atoms with Gasteiger partial charge in [0.25, 0.3) is 5.91 Å². The first-order valence-electron chi connectivity index (χ1n) is 9.07. The molecule has 146 valence electrons. The van der Waals surface area contributed by atoms with E-state index in [9.17, 15) is 9.59 Å². The lowest BCUT2D eigenvalue weighted by atomic mass is 9.85. The summed E-state index contributed by atoms with van der Waals surface area (Å²) in [6, 6.07) is 10.9. The number of benzene rings is 1. The van der Waals surface area contributed by atoms with Crippen molar-refractivity contribution in [2.45, 2.75) is 26.2 Å². The second kappa shape index (κ2) is 10.4. The molecule has 1 aromatic heterocycles. The van der Waals surface area contributed by atoms with Crippen molar-refractivity contribution in [1.29, 1.82) is 0 Å². The van der Waals surface area contributed by atoms with Gasteiger partial charge < -0.3 is 16.0 Å². The molecule has 2 atom stereocenters. The number of amides is 2. The number of rotatable bonds is 6. The second-order valence-electron chi connectivity index (χ2n) is 6.85. The number of thiophene rings is 1. The molecule has 1 aliphatic heterocycles.